The number of hydrogen-bond acceptors (Lipinski definition) is 7. The van der Waals surface area contributed by atoms with Crippen LogP contribution in [0.2, 0.25) is 5.04 Å². The van der Waals surface area contributed by atoms with E-state index < -0.39 is 25.1 Å². The van der Waals surface area contributed by atoms with Crippen molar-refractivity contribution in [2.75, 3.05) is 33.5 Å². The highest BCUT2D eigenvalue weighted by Gasteiger charge is 2.72. The first-order chi connectivity index (χ1) is 27.9. The van der Waals surface area contributed by atoms with Gasteiger partial charge in [0.1, 0.15) is 11.4 Å². The Kier molecular flexibility index (Phi) is 13.3. The lowest BCUT2D eigenvalue weighted by Gasteiger charge is -2.51. The predicted octanol–water partition coefficient (Wildman–Crippen LogP) is 9.17. The van der Waals surface area contributed by atoms with E-state index >= 15 is 0 Å². The number of unbranched alkanes of at least 4 members (excludes halogenated alkanes) is 3. The minimum Gasteiger partial charge on any atom is -0.497 e. The van der Waals surface area contributed by atoms with Gasteiger partial charge in [0.05, 0.1) is 45.7 Å². The van der Waals surface area contributed by atoms with Crippen molar-refractivity contribution >= 4 is 18.7 Å². The molecule has 2 saturated heterocycles. The fourth-order valence-electron chi connectivity index (χ4n) is 10.6. The lowest BCUT2D eigenvalue weighted by atomic mass is 9.61. The zero-order valence-corrected chi connectivity index (χ0v) is 37.1. The van der Waals surface area contributed by atoms with Crippen molar-refractivity contribution in [2.24, 2.45) is 23.2 Å². The summed E-state index contributed by atoms with van der Waals surface area (Å²) in [7, 11) is -1.09. The quantitative estimate of drug-likeness (QED) is 0.0631. The molecule has 0 radical (unpaired) electrons. The standard InChI is InChI=1S/C50H68O7Si/c1-8-9-10-11-12-15-20-38-31-43-46(53-33-37-25-27-39(52-7)28-26-37)45(50(34-51)44(57-50)32-49(43)35-54-48(5,6)55-36-49)42(38)29-30-56-58(47(2,3)4,40-21-16-13-17-22-40)41-23-18-14-19-24-41/h8-9,13-14,16-19,21-28,31,38,42,44-46,51H,10-12,15,20,29-30,32-36H2,1-7H3/b9-8+/t38-,42+,44-,45-,46+,50-/m1/s1. The van der Waals surface area contributed by atoms with E-state index in [1.165, 1.54) is 28.8 Å². The van der Waals surface area contributed by atoms with Crippen LogP contribution >= 0.6 is 0 Å². The Morgan fingerprint density at radius 1 is 0.862 bits per heavy atom. The van der Waals surface area contributed by atoms with Crippen LogP contribution in [0.15, 0.2) is 109 Å². The van der Waals surface area contributed by atoms with E-state index in [0.717, 1.165) is 43.4 Å². The third-order valence-corrected chi connectivity index (χ3v) is 18.7. The molecule has 0 unspecified atom stereocenters. The zero-order valence-electron chi connectivity index (χ0n) is 36.1. The van der Waals surface area contributed by atoms with Gasteiger partial charge in [-0.2, -0.15) is 0 Å². The lowest BCUT2D eigenvalue weighted by Crippen LogP contribution is -2.66. The first kappa shape index (κ1) is 43.0. The molecule has 314 valence electrons. The van der Waals surface area contributed by atoms with Crippen LogP contribution in [0.25, 0.3) is 0 Å². The van der Waals surface area contributed by atoms with Gasteiger partial charge in [0, 0.05) is 17.9 Å². The second-order valence-electron chi connectivity index (χ2n) is 18.7. The van der Waals surface area contributed by atoms with Gasteiger partial charge in [0.15, 0.2) is 5.79 Å². The molecule has 4 aliphatic rings. The molecule has 8 heteroatoms. The number of aliphatic hydroxyl groups is 1. The van der Waals surface area contributed by atoms with Crippen LogP contribution < -0.4 is 15.1 Å². The Hall–Kier alpha value is -3.08. The van der Waals surface area contributed by atoms with Crippen LogP contribution in [0.3, 0.4) is 0 Å². The van der Waals surface area contributed by atoms with Crippen molar-refractivity contribution in [3.63, 3.8) is 0 Å². The second kappa shape index (κ2) is 17.9. The molecule has 1 saturated carbocycles. The van der Waals surface area contributed by atoms with Gasteiger partial charge in [-0.15, -0.1) is 0 Å². The molecule has 0 aromatic heterocycles. The van der Waals surface area contributed by atoms with E-state index in [1.54, 1.807) is 7.11 Å². The van der Waals surface area contributed by atoms with E-state index in [-0.39, 0.29) is 41.6 Å². The maximum absolute atomic E-state index is 11.5. The molecule has 6 atom stereocenters. The van der Waals surface area contributed by atoms with Crippen LogP contribution in [0, 0.1) is 23.2 Å². The monoisotopic (exact) mass is 808 g/mol. The lowest BCUT2D eigenvalue weighted by molar-refractivity contribution is -0.282. The highest BCUT2D eigenvalue weighted by Crippen LogP contribution is 2.63. The summed E-state index contributed by atoms with van der Waals surface area (Å²) in [6.07, 6.45) is 13.8. The molecule has 2 aliphatic carbocycles. The molecule has 2 aliphatic heterocycles. The summed E-state index contributed by atoms with van der Waals surface area (Å²) in [6, 6.07) is 30.0. The van der Waals surface area contributed by atoms with Crippen LogP contribution in [-0.4, -0.2) is 70.6 Å². The molecule has 1 spiro atoms. The maximum atomic E-state index is 11.5. The predicted molar refractivity (Wildman–Crippen MR) is 234 cm³/mol. The summed E-state index contributed by atoms with van der Waals surface area (Å²) in [5.41, 5.74) is 1.21. The summed E-state index contributed by atoms with van der Waals surface area (Å²) < 4.78 is 40.2. The Labute approximate surface area is 349 Å². The Balaban J connectivity index is 1.29. The number of allylic oxidation sites excluding steroid dienone is 3. The summed E-state index contributed by atoms with van der Waals surface area (Å²) in [5, 5.41) is 13.9. The van der Waals surface area contributed by atoms with Crippen molar-refractivity contribution in [2.45, 2.75) is 122 Å². The number of hydrogen-bond donors (Lipinski definition) is 1. The summed E-state index contributed by atoms with van der Waals surface area (Å²) in [5.74, 6) is 0.484. The zero-order chi connectivity index (χ0) is 41.0. The molecule has 0 amide bonds. The van der Waals surface area contributed by atoms with E-state index in [9.17, 15) is 5.11 Å². The fraction of sp³-hybridized carbons (Fsp3) is 0.560. The van der Waals surface area contributed by atoms with Gasteiger partial charge < -0.3 is 33.2 Å². The molecule has 2 heterocycles. The van der Waals surface area contributed by atoms with Crippen molar-refractivity contribution in [1.82, 2.24) is 0 Å². The minimum absolute atomic E-state index is 0.0521. The number of epoxide rings is 1. The van der Waals surface area contributed by atoms with Crippen LogP contribution in [0.4, 0.5) is 0 Å². The molecule has 2 bridgehead atoms. The highest BCUT2D eigenvalue weighted by atomic mass is 28.4. The smallest absolute Gasteiger partial charge is 0.261 e. The molecule has 3 aromatic rings. The van der Waals surface area contributed by atoms with Crippen LogP contribution in [0.5, 0.6) is 5.75 Å². The van der Waals surface area contributed by atoms with E-state index in [1.807, 2.05) is 26.0 Å². The Morgan fingerprint density at radius 2 is 1.52 bits per heavy atom. The number of benzene rings is 3. The van der Waals surface area contributed by atoms with Gasteiger partial charge in [-0.05, 0) is 103 Å². The fourth-order valence-corrected chi connectivity index (χ4v) is 15.1. The van der Waals surface area contributed by atoms with Crippen molar-refractivity contribution < 1.29 is 33.2 Å². The third-order valence-electron chi connectivity index (χ3n) is 13.7. The molecular weight excluding hydrogens is 741 g/mol. The van der Waals surface area contributed by atoms with Gasteiger partial charge in [-0.25, -0.2) is 0 Å². The molecule has 3 aromatic carbocycles. The molecule has 7 rings (SSSR count). The second-order valence-corrected chi connectivity index (χ2v) is 23.0. The summed E-state index contributed by atoms with van der Waals surface area (Å²) >= 11 is 0. The third kappa shape index (κ3) is 8.58. The molecule has 58 heavy (non-hydrogen) atoms. The summed E-state index contributed by atoms with van der Waals surface area (Å²) in [6.45, 7) is 15.2. The number of fused-ring (bicyclic) bond motifs is 5. The molecular formula is C50H68O7Si. The first-order valence-electron chi connectivity index (χ1n) is 21.8. The van der Waals surface area contributed by atoms with Crippen molar-refractivity contribution in [3.05, 3.63) is 114 Å². The Bertz CT molecular complexity index is 1790. The molecule has 1 N–H and O–H groups in total. The summed E-state index contributed by atoms with van der Waals surface area (Å²) in [4.78, 5) is 0. The van der Waals surface area contributed by atoms with Gasteiger partial charge in [0.2, 0.25) is 0 Å². The topological polar surface area (TPSA) is 78.9 Å². The largest absolute Gasteiger partial charge is 0.497 e. The van der Waals surface area contributed by atoms with Gasteiger partial charge in [-0.1, -0.05) is 125 Å². The SMILES string of the molecule is C/C=C/CCCCC[C@@H]1C=C2[C@H](OCc3ccc(OC)cc3)[C@@H]([C@H]1CCO[Si](c1ccccc1)(c1ccccc1)C(C)(C)C)[C@]1(CO)O[C@@H]1CC21COC(C)(C)OC1. The normalized spacial score (nSPS) is 27.5. The number of ether oxygens (including phenoxy) is 5. The molecule has 3 fully saturated rings. The van der Waals surface area contributed by atoms with E-state index in [2.05, 4.69) is 119 Å². The average molecular weight is 809 g/mol. The van der Waals surface area contributed by atoms with Gasteiger partial charge in [-0.3, -0.25) is 0 Å². The van der Waals surface area contributed by atoms with E-state index in [4.69, 9.17) is 28.1 Å². The van der Waals surface area contributed by atoms with Crippen molar-refractivity contribution in [3.8, 4) is 5.75 Å². The number of aliphatic hydroxyl groups excluding tert-OH is 1. The molecule has 7 nitrogen and oxygen atoms in total. The number of methoxy groups -OCH3 is 1. The Morgan fingerprint density at radius 3 is 2.10 bits per heavy atom. The van der Waals surface area contributed by atoms with Crippen LogP contribution in [0.1, 0.15) is 92.1 Å². The van der Waals surface area contributed by atoms with E-state index in [0.29, 0.717) is 26.4 Å². The maximum Gasteiger partial charge on any atom is 0.261 e. The van der Waals surface area contributed by atoms with Crippen molar-refractivity contribution in [1.29, 1.82) is 0 Å². The first-order valence-corrected chi connectivity index (χ1v) is 23.7. The highest BCUT2D eigenvalue weighted by molar-refractivity contribution is 6.99. The van der Waals surface area contributed by atoms with Crippen LogP contribution in [-0.2, 0) is 30.0 Å². The average Bonchev–Trinajstić information content (AvgIpc) is 3.94. The number of rotatable bonds is 17. The minimum atomic E-state index is -2.78. The van der Waals surface area contributed by atoms with Gasteiger partial charge >= 0.3 is 0 Å². The van der Waals surface area contributed by atoms with Gasteiger partial charge in [0.25, 0.3) is 8.32 Å².